The van der Waals surface area contributed by atoms with Crippen LogP contribution in [0.25, 0.3) is 6.08 Å². The minimum atomic E-state index is -1.03. The Morgan fingerprint density at radius 3 is 2.60 bits per heavy atom. The van der Waals surface area contributed by atoms with E-state index in [0.717, 1.165) is 11.6 Å². The van der Waals surface area contributed by atoms with E-state index in [9.17, 15) is 9.59 Å². The van der Waals surface area contributed by atoms with Gasteiger partial charge in [-0.3, -0.25) is 4.79 Å². The van der Waals surface area contributed by atoms with E-state index in [1.807, 2.05) is 13.8 Å². The normalized spacial score (nSPS) is 10.8. The quantitative estimate of drug-likeness (QED) is 0.773. The Morgan fingerprint density at radius 2 is 2.05 bits per heavy atom. The predicted octanol–water partition coefficient (Wildman–Crippen LogP) is 1.55. The molecule has 0 aliphatic carbocycles. The Morgan fingerprint density at radius 1 is 1.35 bits per heavy atom. The largest absolute Gasteiger partial charge is 0.478 e. The van der Waals surface area contributed by atoms with Crippen LogP contribution in [-0.4, -0.2) is 46.7 Å². The van der Waals surface area contributed by atoms with E-state index in [4.69, 9.17) is 10.2 Å². The van der Waals surface area contributed by atoms with Gasteiger partial charge in [0.15, 0.2) is 0 Å². The average Bonchev–Trinajstić information content (AvgIpc) is 2.43. The second kappa shape index (κ2) is 7.45. The third kappa shape index (κ3) is 4.20. The molecule has 0 radical (unpaired) electrons. The van der Waals surface area contributed by atoms with Crippen molar-refractivity contribution in [1.82, 2.24) is 4.90 Å². The van der Waals surface area contributed by atoms with Crippen LogP contribution in [0.4, 0.5) is 0 Å². The van der Waals surface area contributed by atoms with Crippen LogP contribution >= 0.6 is 0 Å². The van der Waals surface area contributed by atoms with Crippen molar-refractivity contribution in [2.75, 3.05) is 19.7 Å². The van der Waals surface area contributed by atoms with Crippen molar-refractivity contribution in [2.45, 2.75) is 13.8 Å². The number of nitrogens with zero attached hydrogens (tertiary/aromatic N) is 1. The molecule has 0 aliphatic heterocycles. The summed E-state index contributed by atoms with van der Waals surface area (Å²) in [5.74, 6) is -1.20. The zero-order valence-corrected chi connectivity index (χ0v) is 11.7. The van der Waals surface area contributed by atoms with Crippen molar-refractivity contribution >= 4 is 18.0 Å². The Labute approximate surface area is 118 Å². The van der Waals surface area contributed by atoms with Gasteiger partial charge >= 0.3 is 5.97 Å². The average molecular weight is 277 g/mol. The van der Waals surface area contributed by atoms with E-state index in [1.54, 1.807) is 23.1 Å². The first-order valence-electron chi connectivity index (χ1n) is 6.41. The highest BCUT2D eigenvalue weighted by Gasteiger charge is 2.15. The minimum Gasteiger partial charge on any atom is -0.478 e. The maximum atomic E-state index is 12.4. The van der Waals surface area contributed by atoms with E-state index >= 15 is 0 Å². The number of carboxylic acid groups (broad SMARTS) is 1. The first-order chi connectivity index (χ1) is 9.49. The molecule has 0 atom stereocenters. The highest BCUT2D eigenvalue weighted by atomic mass is 16.4. The Bertz CT molecular complexity index is 523. The van der Waals surface area contributed by atoms with Crippen molar-refractivity contribution in [3.63, 3.8) is 0 Å². The molecule has 0 fully saturated rings. The first-order valence-corrected chi connectivity index (χ1v) is 6.41. The van der Waals surface area contributed by atoms with Crippen molar-refractivity contribution in [1.29, 1.82) is 0 Å². The van der Waals surface area contributed by atoms with Crippen LogP contribution in [0.3, 0.4) is 0 Å². The van der Waals surface area contributed by atoms with Crippen LogP contribution in [0.1, 0.15) is 28.4 Å². The number of aliphatic hydroxyl groups is 1. The van der Waals surface area contributed by atoms with E-state index < -0.39 is 5.97 Å². The van der Waals surface area contributed by atoms with E-state index in [1.165, 1.54) is 6.08 Å². The number of rotatable bonds is 6. The molecule has 5 nitrogen and oxygen atoms in total. The summed E-state index contributed by atoms with van der Waals surface area (Å²) in [7, 11) is 0. The van der Waals surface area contributed by atoms with Gasteiger partial charge in [0, 0.05) is 24.7 Å². The lowest BCUT2D eigenvalue weighted by molar-refractivity contribution is -0.131. The van der Waals surface area contributed by atoms with Gasteiger partial charge in [0.05, 0.1) is 6.61 Å². The molecule has 0 aromatic heterocycles. The highest BCUT2D eigenvalue weighted by Crippen LogP contribution is 2.15. The highest BCUT2D eigenvalue weighted by molar-refractivity contribution is 5.96. The van der Waals surface area contributed by atoms with Crippen LogP contribution < -0.4 is 0 Å². The molecule has 0 aliphatic rings. The molecule has 0 heterocycles. The Kier molecular flexibility index (Phi) is 5.93. The molecule has 108 valence electrons. The number of aryl methyl sites for hydroxylation is 1. The maximum absolute atomic E-state index is 12.4. The summed E-state index contributed by atoms with van der Waals surface area (Å²) in [5.41, 5.74) is 1.99. The van der Waals surface area contributed by atoms with Crippen molar-refractivity contribution in [2.24, 2.45) is 0 Å². The molecule has 0 spiro atoms. The number of carboxylic acids is 1. The maximum Gasteiger partial charge on any atom is 0.328 e. The van der Waals surface area contributed by atoms with Crippen LogP contribution in [0.5, 0.6) is 0 Å². The number of amides is 1. The van der Waals surface area contributed by atoms with Gasteiger partial charge in [-0.15, -0.1) is 0 Å². The molecular formula is C15H19NO4. The standard InChI is InChI=1S/C15H19NO4/c1-3-16(8-9-17)15(20)13-10-12(5-4-11(13)2)6-7-14(18)19/h4-7,10,17H,3,8-9H2,1-2H3,(H,18,19). The van der Waals surface area contributed by atoms with Crippen LogP contribution in [0.2, 0.25) is 0 Å². The van der Waals surface area contributed by atoms with Gasteiger partial charge < -0.3 is 15.1 Å². The number of carbonyl (C=O) groups is 2. The summed E-state index contributed by atoms with van der Waals surface area (Å²) in [6.45, 7) is 4.37. The molecular weight excluding hydrogens is 258 g/mol. The molecule has 1 aromatic rings. The third-order valence-electron chi connectivity index (χ3n) is 2.95. The van der Waals surface area contributed by atoms with Gasteiger partial charge in [-0.25, -0.2) is 4.79 Å². The van der Waals surface area contributed by atoms with Gasteiger partial charge in [0.25, 0.3) is 5.91 Å². The molecule has 2 N–H and O–H groups in total. The molecule has 5 heteroatoms. The number of hydrogen-bond donors (Lipinski definition) is 2. The molecule has 0 saturated carbocycles. The fourth-order valence-electron chi connectivity index (χ4n) is 1.84. The number of aliphatic carboxylic acids is 1. The van der Waals surface area contributed by atoms with Gasteiger partial charge in [0.1, 0.15) is 0 Å². The van der Waals surface area contributed by atoms with Gasteiger partial charge in [-0.2, -0.15) is 0 Å². The number of carbonyl (C=O) groups excluding carboxylic acids is 1. The van der Waals surface area contributed by atoms with E-state index in [2.05, 4.69) is 0 Å². The lowest BCUT2D eigenvalue weighted by atomic mass is 10.0. The Hall–Kier alpha value is -2.14. The summed E-state index contributed by atoms with van der Waals surface area (Å²) < 4.78 is 0. The summed E-state index contributed by atoms with van der Waals surface area (Å²) in [6, 6.07) is 5.20. The van der Waals surface area contributed by atoms with Crippen molar-refractivity contribution in [3.05, 3.63) is 41.0 Å². The zero-order valence-electron chi connectivity index (χ0n) is 11.7. The predicted molar refractivity (Wildman–Crippen MR) is 76.5 cm³/mol. The second-order valence-electron chi connectivity index (χ2n) is 4.35. The molecule has 1 aromatic carbocycles. The van der Waals surface area contributed by atoms with Gasteiger partial charge in [-0.1, -0.05) is 12.1 Å². The molecule has 0 saturated heterocycles. The van der Waals surface area contributed by atoms with Gasteiger partial charge in [0.2, 0.25) is 0 Å². The SMILES string of the molecule is CCN(CCO)C(=O)c1cc(C=CC(=O)O)ccc1C. The van der Waals surface area contributed by atoms with Crippen molar-refractivity contribution in [3.8, 4) is 0 Å². The number of likely N-dealkylation sites (N-methyl/N-ethyl adjacent to an activating group) is 1. The fourth-order valence-corrected chi connectivity index (χ4v) is 1.84. The molecule has 1 amide bonds. The Balaban J connectivity index is 3.07. The molecule has 0 unspecified atom stereocenters. The van der Waals surface area contributed by atoms with Crippen LogP contribution in [0, 0.1) is 6.92 Å². The van der Waals surface area contributed by atoms with Crippen LogP contribution in [-0.2, 0) is 4.79 Å². The van der Waals surface area contributed by atoms with E-state index in [0.29, 0.717) is 17.7 Å². The summed E-state index contributed by atoms with van der Waals surface area (Å²) in [4.78, 5) is 24.4. The number of benzene rings is 1. The lowest BCUT2D eigenvalue weighted by Gasteiger charge is -2.21. The summed E-state index contributed by atoms with van der Waals surface area (Å²) >= 11 is 0. The zero-order chi connectivity index (χ0) is 15.1. The second-order valence-corrected chi connectivity index (χ2v) is 4.35. The molecule has 0 bridgehead atoms. The molecule has 1 rings (SSSR count). The smallest absolute Gasteiger partial charge is 0.328 e. The van der Waals surface area contributed by atoms with Crippen molar-refractivity contribution < 1.29 is 19.8 Å². The number of aliphatic hydroxyl groups excluding tert-OH is 1. The lowest BCUT2D eigenvalue weighted by Crippen LogP contribution is -2.33. The molecule has 20 heavy (non-hydrogen) atoms. The van der Waals surface area contributed by atoms with Crippen LogP contribution in [0.15, 0.2) is 24.3 Å². The fraction of sp³-hybridized carbons (Fsp3) is 0.333. The summed E-state index contributed by atoms with van der Waals surface area (Å²) in [6.07, 6.45) is 2.48. The minimum absolute atomic E-state index is 0.0861. The third-order valence-corrected chi connectivity index (χ3v) is 2.95. The first kappa shape index (κ1) is 15.9. The topological polar surface area (TPSA) is 77.8 Å². The monoisotopic (exact) mass is 277 g/mol. The van der Waals surface area contributed by atoms with Gasteiger partial charge in [-0.05, 0) is 37.1 Å². The number of hydrogen-bond acceptors (Lipinski definition) is 3. The van der Waals surface area contributed by atoms with E-state index in [-0.39, 0.29) is 19.1 Å². The summed E-state index contributed by atoms with van der Waals surface area (Å²) in [5, 5.41) is 17.6.